The number of rotatable bonds is 2. The van der Waals surface area contributed by atoms with Gasteiger partial charge in [-0.1, -0.05) is 65.9 Å². The number of imidazole rings is 1. The van der Waals surface area contributed by atoms with Gasteiger partial charge in [-0.15, -0.1) is 0 Å². The Morgan fingerprint density at radius 2 is 1.34 bits per heavy atom. The van der Waals surface area contributed by atoms with Gasteiger partial charge in [0.15, 0.2) is 10.5 Å². The van der Waals surface area contributed by atoms with E-state index < -0.39 is 0 Å². The molecule has 1 aliphatic rings. The van der Waals surface area contributed by atoms with Crippen LogP contribution in [0.3, 0.4) is 0 Å². The summed E-state index contributed by atoms with van der Waals surface area (Å²) in [4.78, 5) is 10.2. The van der Waals surface area contributed by atoms with Crippen LogP contribution in [0.5, 0.6) is 0 Å². The quantitative estimate of drug-likeness (QED) is 0.364. The van der Waals surface area contributed by atoms with E-state index >= 15 is 0 Å². The Bertz CT molecular complexity index is 1680. The molecule has 5 rings (SSSR count). The molecule has 7 nitrogen and oxygen atoms in total. The number of allylic oxidation sites excluding steroid dienone is 5. The van der Waals surface area contributed by atoms with E-state index in [1.165, 1.54) is 11.3 Å². The molecule has 2 aromatic heterocycles. The molecule has 1 aliphatic carbocycles. The van der Waals surface area contributed by atoms with Gasteiger partial charge in [0, 0.05) is 23.8 Å². The maximum Gasteiger partial charge on any atom is 0.172 e. The highest BCUT2D eigenvalue weighted by atomic mass is 32.1. The number of nitrogens with zero attached hydrogens (tertiary/aromatic N) is 7. The number of thiazole rings is 1. The standard InChI is InChI=1S/C27H13N7S/c1-34-25(16-7-3-2-4-8-16)33-27-26(34)32-22(35-27)11-21-23(17(12-28)13-29)19-9-5-6-10-20(19)24(21)18(14-30)15-31/h2-11H,1H3. The minimum absolute atomic E-state index is 0.0977. The third kappa shape index (κ3) is 3.39. The third-order valence-electron chi connectivity index (χ3n) is 5.70. The fraction of sp³-hybridized carbons (Fsp3) is 0.0370. The van der Waals surface area contributed by atoms with Crippen LogP contribution in [0.15, 0.2) is 71.3 Å². The first-order valence-electron chi connectivity index (χ1n) is 10.4. The maximum absolute atomic E-state index is 9.66. The molecule has 2 heterocycles. The second-order valence-corrected chi connectivity index (χ2v) is 8.60. The van der Waals surface area contributed by atoms with Crippen LogP contribution in [-0.2, 0) is 7.05 Å². The Kier molecular flexibility index (Phi) is 5.28. The number of aryl methyl sites for hydroxylation is 1. The first-order valence-corrected chi connectivity index (χ1v) is 11.2. The van der Waals surface area contributed by atoms with E-state index in [0.29, 0.717) is 38.5 Å². The Labute approximate surface area is 204 Å². The van der Waals surface area contributed by atoms with Crippen molar-refractivity contribution in [3.05, 3.63) is 87.5 Å². The van der Waals surface area contributed by atoms with E-state index in [9.17, 15) is 21.0 Å². The SMILES string of the molecule is Cn1c(-c2ccccc2)nc2sc(C=C3C(=C(C#N)C#N)c4ccccc4C3=C(C#N)C#N)nc21. The Morgan fingerprint density at radius 3 is 1.86 bits per heavy atom. The van der Waals surface area contributed by atoms with E-state index in [1.807, 2.05) is 66.2 Å². The Morgan fingerprint density at radius 1 is 0.800 bits per heavy atom. The van der Waals surface area contributed by atoms with Gasteiger partial charge in [-0.2, -0.15) is 21.0 Å². The van der Waals surface area contributed by atoms with Crippen LogP contribution >= 0.6 is 11.3 Å². The average Bonchev–Trinajstić information content (AvgIpc) is 3.53. The van der Waals surface area contributed by atoms with Gasteiger partial charge < -0.3 is 4.57 Å². The van der Waals surface area contributed by atoms with Crippen molar-refractivity contribution in [3.63, 3.8) is 0 Å². The Balaban J connectivity index is 1.76. The lowest BCUT2D eigenvalue weighted by molar-refractivity contribution is 0.942. The van der Waals surface area contributed by atoms with Crippen LogP contribution in [0.2, 0.25) is 0 Å². The molecule has 162 valence electrons. The minimum atomic E-state index is -0.0977. The van der Waals surface area contributed by atoms with E-state index in [4.69, 9.17) is 9.97 Å². The molecule has 0 radical (unpaired) electrons. The van der Waals surface area contributed by atoms with Crippen LogP contribution in [0, 0.1) is 45.3 Å². The number of nitriles is 4. The largest absolute Gasteiger partial charge is 0.311 e. The topological polar surface area (TPSA) is 126 Å². The van der Waals surface area contributed by atoms with Crippen LogP contribution in [0.1, 0.15) is 16.1 Å². The molecule has 0 bridgehead atoms. The first-order chi connectivity index (χ1) is 17.1. The normalized spacial score (nSPS) is 11.9. The predicted octanol–water partition coefficient (Wildman–Crippen LogP) is 5.40. The number of fused-ring (bicyclic) bond motifs is 2. The van der Waals surface area contributed by atoms with Crippen LogP contribution in [0.25, 0.3) is 39.1 Å². The summed E-state index contributed by atoms with van der Waals surface area (Å²) >= 11 is 1.35. The van der Waals surface area contributed by atoms with E-state index in [2.05, 4.69) is 0 Å². The lowest BCUT2D eigenvalue weighted by atomic mass is 9.96. The summed E-state index contributed by atoms with van der Waals surface area (Å²) in [5, 5.41) is 39.2. The third-order valence-corrected chi connectivity index (χ3v) is 6.59. The lowest BCUT2D eigenvalue weighted by Gasteiger charge is -2.04. The molecule has 0 amide bonds. The van der Waals surface area contributed by atoms with Crippen LogP contribution in [-0.4, -0.2) is 14.5 Å². The van der Waals surface area contributed by atoms with E-state index in [-0.39, 0.29) is 11.1 Å². The van der Waals surface area contributed by atoms with Gasteiger partial charge in [0.05, 0.1) is 0 Å². The highest BCUT2D eigenvalue weighted by molar-refractivity contribution is 7.18. The van der Waals surface area contributed by atoms with Gasteiger partial charge in [-0.05, 0) is 22.8 Å². The number of benzene rings is 2. The molecule has 2 aromatic carbocycles. The number of hydrogen-bond donors (Lipinski definition) is 0. The summed E-state index contributed by atoms with van der Waals surface area (Å²) in [6.45, 7) is 0. The molecule has 0 saturated carbocycles. The van der Waals surface area contributed by atoms with Crippen molar-refractivity contribution in [2.24, 2.45) is 7.05 Å². The van der Waals surface area contributed by atoms with Crippen molar-refractivity contribution >= 4 is 39.0 Å². The van der Waals surface area contributed by atoms with Crippen molar-refractivity contribution in [1.82, 2.24) is 14.5 Å². The summed E-state index contributed by atoms with van der Waals surface area (Å²) in [5.74, 6) is 0.792. The zero-order valence-electron chi connectivity index (χ0n) is 18.3. The second-order valence-electron chi connectivity index (χ2n) is 7.59. The summed E-state index contributed by atoms with van der Waals surface area (Å²) in [7, 11) is 1.89. The molecule has 4 aromatic rings. The minimum Gasteiger partial charge on any atom is -0.311 e. The van der Waals surface area contributed by atoms with Crippen molar-refractivity contribution in [1.29, 1.82) is 21.0 Å². The molecule has 35 heavy (non-hydrogen) atoms. The van der Waals surface area contributed by atoms with E-state index in [0.717, 1.165) is 16.2 Å². The van der Waals surface area contributed by atoms with Crippen molar-refractivity contribution in [3.8, 4) is 35.7 Å². The predicted molar refractivity (Wildman–Crippen MR) is 133 cm³/mol. The monoisotopic (exact) mass is 467 g/mol. The maximum atomic E-state index is 9.66. The molecule has 0 aliphatic heterocycles. The molecule has 0 spiro atoms. The number of hydrogen-bond acceptors (Lipinski definition) is 7. The first kappa shape index (κ1) is 21.6. The Hall–Kier alpha value is -5.28. The van der Waals surface area contributed by atoms with Crippen molar-refractivity contribution in [2.75, 3.05) is 0 Å². The zero-order valence-corrected chi connectivity index (χ0v) is 19.1. The van der Waals surface area contributed by atoms with Gasteiger partial charge >= 0.3 is 0 Å². The second kappa shape index (κ2) is 8.58. The fourth-order valence-corrected chi connectivity index (χ4v) is 5.12. The fourth-order valence-electron chi connectivity index (χ4n) is 4.20. The summed E-state index contributed by atoms with van der Waals surface area (Å²) in [6.07, 6.45) is 1.72. The smallest absolute Gasteiger partial charge is 0.172 e. The molecule has 0 atom stereocenters. The zero-order chi connectivity index (χ0) is 24.5. The van der Waals surface area contributed by atoms with Crippen molar-refractivity contribution < 1.29 is 0 Å². The van der Waals surface area contributed by atoms with Gasteiger partial charge in [0.2, 0.25) is 0 Å². The van der Waals surface area contributed by atoms with E-state index in [1.54, 1.807) is 30.3 Å². The average molecular weight is 468 g/mol. The summed E-state index contributed by atoms with van der Waals surface area (Å²) in [6, 6.07) is 24.8. The van der Waals surface area contributed by atoms with Crippen LogP contribution < -0.4 is 0 Å². The highest BCUT2D eigenvalue weighted by Crippen LogP contribution is 2.48. The highest BCUT2D eigenvalue weighted by Gasteiger charge is 2.32. The van der Waals surface area contributed by atoms with Crippen molar-refractivity contribution in [2.45, 2.75) is 0 Å². The number of aromatic nitrogens is 3. The molecular formula is C27H13N7S. The van der Waals surface area contributed by atoms with Gasteiger partial charge in [-0.25, -0.2) is 9.97 Å². The molecular weight excluding hydrogens is 454 g/mol. The molecule has 0 saturated heterocycles. The summed E-state index contributed by atoms with van der Waals surface area (Å²) < 4.78 is 1.91. The van der Waals surface area contributed by atoms with Gasteiger partial charge in [0.25, 0.3) is 0 Å². The summed E-state index contributed by atoms with van der Waals surface area (Å²) in [5.41, 5.74) is 3.95. The van der Waals surface area contributed by atoms with Gasteiger partial charge in [0.1, 0.15) is 46.3 Å². The molecule has 0 N–H and O–H groups in total. The molecule has 0 unspecified atom stereocenters. The molecule has 0 fully saturated rings. The van der Waals surface area contributed by atoms with Crippen LogP contribution in [0.4, 0.5) is 0 Å². The van der Waals surface area contributed by atoms with Gasteiger partial charge in [-0.3, -0.25) is 0 Å². The lowest BCUT2D eigenvalue weighted by Crippen LogP contribution is -1.93. The molecule has 8 heteroatoms.